The highest BCUT2D eigenvalue weighted by Crippen LogP contribution is 2.12. The summed E-state index contributed by atoms with van der Waals surface area (Å²) in [7, 11) is 1.59. The topological polar surface area (TPSA) is 82.5 Å². The van der Waals surface area contributed by atoms with Crippen molar-refractivity contribution in [2.75, 3.05) is 7.11 Å². The molecule has 2 aromatic rings. The van der Waals surface area contributed by atoms with Crippen LogP contribution in [0.2, 0.25) is 0 Å². The van der Waals surface area contributed by atoms with Crippen LogP contribution in [0.3, 0.4) is 0 Å². The van der Waals surface area contributed by atoms with Crippen LogP contribution in [-0.4, -0.2) is 27.6 Å². The first kappa shape index (κ1) is 14.1. The van der Waals surface area contributed by atoms with Gasteiger partial charge in [0, 0.05) is 12.7 Å². The lowest BCUT2D eigenvalue weighted by Crippen LogP contribution is -2.13. The predicted molar refractivity (Wildman–Crippen MR) is 68.3 cm³/mol. The molecule has 98 valence electrons. The second-order valence-electron chi connectivity index (χ2n) is 3.47. The molecular formula is C12H18N4O2. The number of aromatic nitrogens is 3. The Morgan fingerprint density at radius 2 is 2.06 bits per heavy atom. The molecule has 0 aliphatic rings. The molecule has 0 aliphatic heterocycles. The van der Waals surface area contributed by atoms with Crippen LogP contribution in [0.15, 0.2) is 12.1 Å². The molecule has 0 aromatic carbocycles. The maximum atomic E-state index is 11.1. The minimum absolute atomic E-state index is 0.372. The fraction of sp³-hybridized carbons (Fsp3) is 0.417. The van der Waals surface area contributed by atoms with Gasteiger partial charge in [-0.05, 0) is 19.1 Å². The Hall–Kier alpha value is -1.95. The van der Waals surface area contributed by atoms with Crippen LogP contribution in [0.5, 0.6) is 0 Å². The van der Waals surface area contributed by atoms with Crippen molar-refractivity contribution in [3.8, 4) is 0 Å². The number of rotatable bonds is 3. The number of carbonyl (C=O) groups excluding carboxylic acids is 1. The van der Waals surface area contributed by atoms with E-state index in [0.717, 1.165) is 11.5 Å². The van der Waals surface area contributed by atoms with E-state index < -0.39 is 5.91 Å². The van der Waals surface area contributed by atoms with Gasteiger partial charge in [0.15, 0.2) is 5.65 Å². The first-order chi connectivity index (χ1) is 8.63. The lowest BCUT2D eigenvalue weighted by molar-refractivity contribution is 0.1000. The maximum Gasteiger partial charge on any atom is 0.248 e. The standard InChI is InChI=1S/C10H12N4O2.C2H6/c1-6-12-13-9-4-7(10(11)15)3-8(5-16-2)14(6)9;1-2/h3-4H,5H2,1-2H3,(H2,11,15);1-2H3. The van der Waals surface area contributed by atoms with Crippen molar-refractivity contribution < 1.29 is 9.53 Å². The Labute approximate surface area is 106 Å². The molecular weight excluding hydrogens is 232 g/mol. The quantitative estimate of drug-likeness (QED) is 0.890. The molecule has 1 amide bonds. The number of aryl methyl sites for hydroxylation is 1. The zero-order chi connectivity index (χ0) is 13.7. The van der Waals surface area contributed by atoms with Gasteiger partial charge in [0.05, 0.1) is 12.3 Å². The highest BCUT2D eigenvalue weighted by atomic mass is 16.5. The summed E-state index contributed by atoms with van der Waals surface area (Å²) in [6, 6.07) is 3.30. The van der Waals surface area contributed by atoms with Gasteiger partial charge in [-0.25, -0.2) is 0 Å². The lowest BCUT2D eigenvalue weighted by Gasteiger charge is -2.06. The summed E-state index contributed by atoms with van der Waals surface area (Å²) in [6.07, 6.45) is 0. The average molecular weight is 250 g/mol. The highest BCUT2D eigenvalue weighted by Gasteiger charge is 2.11. The van der Waals surface area contributed by atoms with E-state index in [4.69, 9.17) is 10.5 Å². The summed E-state index contributed by atoms with van der Waals surface area (Å²) >= 11 is 0. The van der Waals surface area contributed by atoms with Crippen LogP contribution in [0.1, 0.15) is 35.7 Å². The van der Waals surface area contributed by atoms with Crippen LogP contribution >= 0.6 is 0 Å². The van der Waals surface area contributed by atoms with Gasteiger partial charge in [-0.1, -0.05) is 13.8 Å². The van der Waals surface area contributed by atoms with E-state index in [1.165, 1.54) is 0 Å². The van der Waals surface area contributed by atoms with E-state index in [-0.39, 0.29) is 0 Å². The molecule has 0 saturated heterocycles. The van der Waals surface area contributed by atoms with Gasteiger partial charge in [-0.3, -0.25) is 9.20 Å². The summed E-state index contributed by atoms with van der Waals surface area (Å²) in [5.41, 5.74) is 7.05. The first-order valence-corrected chi connectivity index (χ1v) is 5.77. The molecule has 0 spiro atoms. The number of nitrogens with zero attached hydrogens (tertiary/aromatic N) is 3. The monoisotopic (exact) mass is 250 g/mol. The third-order valence-electron chi connectivity index (χ3n) is 2.32. The molecule has 18 heavy (non-hydrogen) atoms. The number of carbonyl (C=O) groups is 1. The zero-order valence-corrected chi connectivity index (χ0v) is 11.1. The van der Waals surface area contributed by atoms with Gasteiger partial charge in [-0.2, -0.15) is 0 Å². The van der Waals surface area contributed by atoms with Crippen molar-refractivity contribution >= 4 is 11.6 Å². The molecule has 6 heteroatoms. The molecule has 2 heterocycles. The van der Waals surface area contributed by atoms with E-state index in [9.17, 15) is 4.79 Å². The molecule has 2 rings (SSSR count). The SMILES string of the molecule is CC.COCc1cc(C(N)=O)cc2nnc(C)n12. The van der Waals surface area contributed by atoms with Crippen molar-refractivity contribution in [2.24, 2.45) is 5.73 Å². The summed E-state index contributed by atoms with van der Waals surface area (Å²) in [5.74, 6) is 0.263. The third-order valence-corrected chi connectivity index (χ3v) is 2.32. The van der Waals surface area contributed by atoms with Gasteiger partial charge in [0.1, 0.15) is 5.82 Å². The number of amides is 1. The molecule has 0 unspecified atom stereocenters. The van der Waals surface area contributed by atoms with E-state index in [1.807, 2.05) is 25.2 Å². The Morgan fingerprint density at radius 3 is 2.61 bits per heavy atom. The molecule has 0 bridgehead atoms. The maximum absolute atomic E-state index is 11.1. The lowest BCUT2D eigenvalue weighted by atomic mass is 10.2. The Kier molecular flexibility index (Phi) is 4.79. The van der Waals surface area contributed by atoms with Crippen LogP contribution < -0.4 is 5.73 Å². The minimum atomic E-state index is -0.486. The largest absolute Gasteiger partial charge is 0.378 e. The Balaban J connectivity index is 0.000000771. The fourth-order valence-corrected chi connectivity index (χ4v) is 1.65. The van der Waals surface area contributed by atoms with Crippen LogP contribution in [0.25, 0.3) is 5.65 Å². The predicted octanol–water partition coefficient (Wildman–Crippen LogP) is 1.31. The second-order valence-corrected chi connectivity index (χ2v) is 3.47. The number of nitrogens with two attached hydrogens (primary N) is 1. The number of methoxy groups -OCH3 is 1. The highest BCUT2D eigenvalue weighted by molar-refractivity contribution is 5.93. The van der Waals surface area contributed by atoms with Crippen LogP contribution in [0, 0.1) is 6.92 Å². The molecule has 2 N–H and O–H groups in total. The first-order valence-electron chi connectivity index (χ1n) is 5.77. The summed E-state index contributed by atoms with van der Waals surface area (Å²) in [6.45, 7) is 6.21. The molecule has 6 nitrogen and oxygen atoms in total. The van der Waals surface area contributed by atoms with Crippen molar-refractivity contribution in [2.45, 2.75) is 27.4 Å². The smallest absolute Gasteiger partial charge is 0.248 e. The van der Waals surface area contributed by atoms with E-state index in [0.29, 0.717) is 17.8 Å². The van der Waals surface area contributed by atoms with Gasteiger partial charge in [-0.15, -0.1) is 10.2 Å². The van der Waals surface area contributed by atoms with Gasteiger partial charge < -0.3 is 10.5 Å². The summed E-state index contributed by atoms with van der Waals surface area (Å²) < 4.78 is 6.90. The van der Waals surface area contributed by atoms with Crippen LogP contribution in [0.4, 0.5) is 0 Å². The zero-order valence-electron chi connectivity index (χ0n) is 11.1. The van der Waals surface area contributed by atoms with E-state index in [2.05, 4.69) is 10.2 Å². The van der Waals surface area contributed by atoms with Crippen molar-refractivity contribution in [3.05, 3.63) is 29.2 Å². The number of ether oxygens (including phenoxy) is 1. The molecule has 0 atom stereocenters. The third kappa shape index (κ3) is 2.65. The normalized spacial score (nSPS) is 10.0. The number of primary amides is 1. The number of hydrogen-bond acceptors (Lipinski definition) is 4. The van der Waals surface area contributed by atoms with Crippen LogP contribution in [-0.2, 0) is 11.3 Å². The van der Waals surface area contributed by atoms with Gasteiger partial charge in [0.25, 0.3) is 0 Å². The number of pyridine rings is 1. The van der Waals surface area contributed by atoms with E-state index >= 15 is 0 Å². The fourth-order valence-electron chi connectivity index (χ4n) is 1.65. The van der Waals surface area contributed by atoms with Gasteiger partial charge >= 0.3 is 0 Å². The van der Waals surface area contributed by atoms with Gasteiger partial charge in [0.2, 0.25) is 5.91 Å². The average Bonchev–Trinajstić information content (AvgIpc) is 2.74. The number of hydrogen-bond donors (Lipinski definition) is 1. The van der Waals surface area contributed by atoms with E-state index in [1.54, 1.807) is 19.2 Å². The summed E-state index contributed by atoms with van der Waals surface area (Å²) in [5, 5.41) is 7.90. The minimum Gasteiger partial charge on any atom is -0.378 e. The van der Waals surface area contributed by atoms with Crippen molar-refractivity contribution in [3.63, 3.8) is 0 Å². The molecule has 0 radical (unpaired) electrons. The summed E-state index contributed by atoms with van der Waals surface area (Å²) in [4.78, 5) is 11.1. The molecule has 2 aromatic heterocycles. The van der Waals surface area contributed by atoms with Crippen molar-refractivity contribution in [1.29, 1.82) is 0 Å². The Morgan fingerprint density at radius 1 is 1.39 bits per heavy atom. The molecule has 0 saturated carbocycles. The Bertz CT molecular complexity index is 548. The molecule has 0 aliphatic carbocycles. The second kappa shape index (κ2) is 6.11. The molecule has 0 fully saturated rings. The number of fused-ring (bicyclic) bond motifs is 1. The van der Waals surface area contributed by atoms with Crippen molar-refractivity contribution in [1.82, 2.24) is 14.6 Å².